The Labute approximate surface area is 187 Å². The molecule has 1 fully saturated rings. The van der Waals surface area contributed by atoms with Gasteiger partial charge in [-0.2, -0.15) is 5.10 Å². The molecule has 2 aromatic heterocycles. The van der Waals surface area contributed by atoms with Crippen molar-refractivity contribution in [2.45, 2.75) is 64.6 Å². The number of carbonyl (C=O) groups is 2. The number of fused-ring (bicyclic) bond motifs is 1. The van der Waals surface area contributed by atoms with Crippen LogP contribution in [0.2, 0.25) is 0 Å². The molecular formula is C24H30N4O2S. The van der Waals surface area contributed by atoms with Crippen molar-refractivity contribution in [2.24, 2.45) is 0 Å². The molecule has 0 bridgehead atoms. The number of aromatic nitrogens is 2. The summed E-state index contributed by atoms with van der Waals surface area (Å²) in [5.41, 5.74) is 1.07. The second-order valence-electron chi connectivity index (χ2n) is 8.53. The number of amides is 2. The minimum Gasteiger partial charge on any atom is -0.349 e. The minimum absolute atomic E-state index is 0.0192. The van der Waals surface area contributed by atoms with E-state index in [0.29, 0.717) is 6.42 Å². The molecule has 0 saturated carbocycles. The molecule has 1 saturated heterocycles. The molecule has 1 aliphatic rings. The minimum atomic E-state index is -0.0192. The maximum Gasteiger partial charge on any atom is 0.261 e. The number of benzene rings is 1. The van der Waals surface area contributed by atoms with E-state index in [9.17, 15) is 9.59 Å². The zero-order valence-electron chi connectivity index (χ0n) is 18.2. The molecule has 1 N–H and O–H groups in total. The van der Waals surface area contributed by atoms with Crippen molar-refractivity contribution in [3.63, 3.8) is 0 Å². The first-order valence-corrected chi connectivity index (χ1v) is 11.9. The maximum atomic E-state index is 13.2. The van der Waals surface area contributed by atoms with Crippen molar-refractivity contribution in [2.75, 3.05) is 6.54 Å². The van der Waals surface area contributed by atoms with E-state index in [1.54, 1.807) is 22.2 Å². The van der Waals surface area contributed by atoms with Gasteiger partial charge in [-0.25, -0.2) is 0 Å². The number of carbonyl (C=O) groups excluding carboxylic acids is 2. The Kier molecular flexibility index (Phi) is 6.70. The van der Waals surface area contributed by atoms with E-state index in [2.05, 4.69) is 22.5 Å². The monoisotopic (exact) mass is 438 g/mol. The normalized spacial score (nSPS) is 17.1. The molecule has 3 aromatic rings. The summed E-state index contributed by atoms with van der Waals surface area (Å²) in [6.07, 6.45) is 8.44. The fraction of sp³-hybridized carbons (Fsp3) is 0.458. The van der Waals surface area contributed by atoms with Crippen LogP contribution in [0.4, 0.5) is 0 Å². The van der Waals surface area contributed by atoms with E-state index in [4.69, 9.17) is 0 Å². The predicted octanol–water partition coefficient (Wildman–Crippen LogP) is 4.25. The molecule has 2 amide bonds. The summed E-state index contributed by atoms with van der Waals surface area (Å²) in [5, 5.41) is 8.38. The molecule has 31 heavy (non-hydrogen) atoms. The van der Waals surface area contributed by atoms with Crippen molar-refractivity contribution >= 4 is 33.2 Å². The van der Waals surface area contributed by atoms with Crippen LogP contribution >= 0.6 is 11.3 Å². The molecule has 1 unspecified atom stereocenters. The molecular weight excluding hydrogens is 408 g/mol. The molecule has 1 atom stereocenters. The van der Waals surface area contributed by atoms with Crippen molar-refractivity contribution in [1.82, 2.24) is 20.0 Å². The maximum absolute atomic E-state index is 13.2. The van der Waals surface area contributed by atoms with Gasteiger partial charge in [-0.15, -0.1) is 11.3 Å². The third-order valence-corrected chi connectivity index (χ3v) is 7.03. The van der Waals surface area contributed by atoms with Gasteiger partial charge in [0.2, 0.25) is 5.91 Å². The highest BCUT2D eigenvalue weighted by Gasteiger charge is 2.29. The molecule has 1 aliphatic heterocycles. The van der Waals surface area contributed by atoms with Gasteiger partial charge in [0.25, 0.3) is 5.91 Å². The molecule has 4 rings (SSSR count). The average molecular weight is 439 g/mol. The first-order valence-electron chi connectivity index (χ1n) is 11.1. The van der Waals surface area contributed by atoms with Gasteiger partial charge >= 0.3 is 0 Å². The van der Waals surface area contributed by atoms with E-state index < -0.39 is 0 Å². The molecule has 164 valence electrons. The number of nitrogens with one attached hydrogen (secondary N) is 1. The summed E-state index contributed by atoms with van der Waals surface area (Å²) >= 11 is 1.55. The van der Waals surface area contributed by atoms with E-state index in [0.717, 1.165) is 52.8 Å². The molecule has 1 aromatic carbocycles. The third kappa shape index (κ3) is 4.98. The molecule has 7 heteroatoms. The van der Waals surface area contributed by atoms with Crippen LogP contribution in [-0.2, 0) is 17.8 Å². The summed E-state index contributed by atoms with van der Waals surface area (Å²) in [6, 6.07) is 10.2. The van der Waals surface area contributed by atoms with Crippen molar-refractivity contribution in [3.8, 4) is 0 Å². The molecule has 0 aliphatic carbocycles. The van der Waals surface area contributed by atoms with Crippen LogP contribution in [-0.4, -0.2) is 45.1 Å². The fourth-order valence-electron chi connectivity index (χ4n) is 4.39. The van der Waals surface area contributed by atoms with E-state index in [-0.39, 0.29) is 30.4 Å². The first kappa shape index (κ1) is 21.6. The van der Waals surface area contributed by atoms with Crippen LogP contribution in [0.3, 0.4) is 0 Å². The van der Waals surface area contributed by atoms with Crippen LogP contribution in [0.15, 0.2) is 42.7 Å². The van der Waals surface area contributed by atoms with Gasteiger partial charge in [-0.1, -0.05) is 31.0 Å². The second kappa shape index (κ2) is 9.64. The lowest BCUT2D eigenvalue weighted by atomic mass is 9.97. The van der Waals surface area contributed by atoms with Crippen LogP contribution in [0.1, 0.15) is 54.8 Å². The fourth-order valence-corrected chi connectivity index (χ4v) is 5.53. The van der Waals surface area contributed by atoms with Gasteiger partial charge in [0.15, 0.2) is 0 Å². The van der Waals surface area contributed by atoms with Crippen LogP contribution in [0.25, 0.3) is 10.1 Å². The summed E-state index contributed by atoms with van der Waals surface area (Å²) in [6.45, 7) is 4.98. The Morgan fingerprint density at radius 1 is 1.19 bits per heavy atom. The number of hydrogen-bond acceptors (Lipinski definition) is 4. The average Bonchev–Trinajstić information content (AvgIpc) is 3.30. The Morgan fingerprint density at radius 3 is 2.81 bits per heavy atom. The summed E-state index contributed by atoms with van der Waals surface area (Å²) in [7, 11) is 0. The topological polar surface area (TPSA) is 67.2 Å². The van der Waals surface area contributed by atoms with Gasteiger partial charge in [0.05, 0.1) is 4.88 Å². The van der Waals surface area contributed by atoms with Gasteiger partial charge in [0, 0.05) is 35.7 Å². The zero-order chi connectivity index (χ0) is 21.8. The number of likely N-dealkylation sites (tertiary alicyclic amines) is 1. The highest BCUT2D eigenvalue weighted by molar-refractivity contribution is 7.21. The van der Waals surface area contributed by atoms with Crippen molar-refractivity contribution < 1.29 is 9.59 Å². The first-order chi connectivity index (χ1) is 15.0. The van der Waals surface area contributed by atoms with E-state index in [1.165, 1.54) is 0 Å². The molecule has 3 heterocycles. The van der Waals surface area contributed by atoms with Crippen LogP contribution in [0.5, 0.6) is 0 Å². The van der Waals surface area contributed by atoms with E-state index >= 15 is 0 Å². The Morgan fingerprint density at radius 2 is 2.03 bits per heavy atom. The van der Waals surface area contributed by atoms with Crippen LogP contribution < -0.4 is 5.32 Å². The SMILES string of the molecule is CC(C)NC(=O)c1sc2ccccc2c1CC1CCCCCN1C(=O)Cn1cccn1. The van der Waals surface area contributed by atoms with Crippen molar-refractivity contribution in [3.05, 3.63) is 53.2 Å². The highest BCUT2D eigenvalue weighted by atomic mass is 32.1. The number of rotatable bonds is 6. The standard InChI is InChI=1S/C24H30N4O2S/c1-17(2)26-24(30)23-20(19-10-5-6-11-21(19)31-23)15-18-9-4-3-7-14-28(18)22(29)16-27-13-8-12-25-27/h5-6,8,10-13,17-18H,3-4,7,9,14-16H2,1-2H3,(H,26,30). The van der Waals surface area contributed by atoms with Crippen LogP contribution in [0, 0.1) is 0 Å². The predicted molar refractivity (Wildman–Crippen MR) is 124 cm³/mol. The second-order valence-corrected chi connectivity index (χ2v) is 9.58. The lowest BCUT2D eigenvalue weighted by Gasteiger charge is -2.30. The quantitative estimate of drug-likeness (QED) is 0.626. The smallest absolute Gasteiger partial charge is 0.261 e. The molecule has 0 spiro atoms. The zero-order valence-corrected chi connectivity index (χ0v) is 19.0. The summed E-state index contributed by atoms with van der Waals surface area (Å²) in [5.74, 6) is 0.0811. The van der Waals surface area contributed by atoms with Gasteiger partial charge in [-0.3, -0.25) is 14.3 Å². The number of hydrogen-bond donors (Lipinski definition) is 1. The third-order valence-electron chi connectivity index (χ3n) is 5.82. The highest BCUT2D eigenvalue weighted by Crippen LogP contribution is 2.34. The molecule has 0 radical (unpaired) electrons. The summed E-state index contributed by atoms with van der Waals surface area (Å²) < 4.78 is 2.81. The summed E-state index contributed by atoms with van der Waals surface area (Å²) in [4.78, 5) is 29.0. The largest absolute Gasteiger partial charge is 0.349 e. The Bertz CT molecular complexity index is 1040. The number of thiophene rings is 1. The van der Waals surface area contributed by atoms with Gasteiger partial charge < -0.3 is 10.2 Å². The van der Waals surface area contributed by atoms with E-state index in [1.807, 2.05) is 43.1 Å². The lowest BCUT2D eigenvalue weighted by Crippen LogP contribution is -2.43. The lowest BCUT2D eigenvalue weighted by molar-refractivity contribution is -0.134. The Balaban J connectivity index is 1.65. The Hall–Kier alpha value is -2.67. The molecule has 6 nitrogen and oxygen atoms in total. The number of nitrogens with zero attached hydrogens (tertiary/aromatic N) is 3. The van der Waals surface area contributed by atoms with Gasteiger partial charge in [-0.05, 0) is 56.2 Å². The van der Waals surface area contributed by atoms with Crippen molar-refractivity contribution in [1.29, 1.82) is 0 Å². The van der Waals surface area contributed by atoms with Gasteiger partial charge in [0.1, 0.15) is 6.54 Å².